The number of hydrogen-bond donors (Lipinski definition) is 2. The van der Waals surface area contributed by atoms with Crippen LogP contribution in [-0.2, 0) is 4.79 Å². The van der Waals surface area contributed by atoms with Gasteiger partial charge in [-0.1, -0.05) is 20.8 Å². The monoisotopic (exact) mass is 338 g/mol. The molecule has 0 fully saturated rings. The average Bonchev–Trinajstić information content (AvgIpc) is 2.81. The summed E-state index contributed by atoms with van der Waals surface area (Å²) < 4.78 is 5.18. The molecule has 0 spiro atoms. The number of nitrogens with one attached hydrogen (secondary N) is 1. The molecule has 124 valence electrons. The number of carboxylic acids is 1. The summed E-state index contributed by atoms with van der Waals surface area (Å²) in [5.41, 5.74) is -0.0731. The van der Waals surface area contributed by atoms with Crippen molar-refractivity contribution in [3.8, 4) is 0 Å². The minimum atomic E-state index is -1.10. The van der Waals surface area contributed by atoms with Gasteiger partial charge in [0.05, 0.1) is 4.88 Å². The van der Waals surface area contributed by atoms with Crippen molar-refractivity contribution < 1.29 is 19.1 Å². The number of aryl methyl sites for hydroxylation is 1. The van der Waals surface area contributed by atoms with Crippen molar-refractivity contribution in [2.45, 2.75) is 46.1 Å². The Morgan fingerprint density at radius 1 is 1.39 bits per heavy atom. The van der Waals surface area contributed by atoms with Crippen molar-refractivity contribution in [2.75, 3.05) is 0 Å². The van der Waals surface area contributed by atoms with E-state index in [0.29, 0.717) is 16.3 Å². The van der Waals surface area contributed by atoms with Gasteiger partial charge in [0.1, 0.15) is 16.3 Å². The second kappa shape index (κ2) is 6.49. The van der Waals surface area contributed by atoms with Gasteiger partial charge in [-0.15, -0.1) is 11.3 Å². The van der Waals surface area contributed by atoms with Gasteiger partial charge in [-0.3, -0.25) is 4.79 Å². The number of hydrogen-bond acceptors (Lipinski definition) is 6. The third-order valence-corrected chi connectivity index (χ3v) is 4.64. The van der Waals surface area contributed by atoms with Crippen LogP contribution in [0, 0.1) is 6.92 Å². The van der Waals surface area contributed by atoms with E-state index in [-0.39, 0.29) is 22.6 Å². The molecular formula is C15H18N2O5S. The van der Waals surface area contributed by atoms with E-state index in [0.717, 1.165) is 11.3 Å². The first-order chi connectivity index (χ1) is 10.8. The quantitative estimate of drug-likeness (QED) is 0.865. The zero-order chi connectivity index (χ0) is 17.3. The predicted octanol–water partition coefficient (Wildman–Crippen LogP) is 2.27. The lowest BCUT2D eigenvalue weighted by Crippen LogP contribution is -2.40. The van der Waals surface area contributed by atoms with Gasteiger partial charge in [-0.05, 0) is 18.9 Å². The Kier molecular flexibility index (Phi) is 4.84. The van der Waals surface area contributed by atoms with Crippen molar-refractivity contribution in [3.63, 3.8) is 0 Å². The third-order valence-electron chi connectivity index (χ3n) is 3.45. The largest absolute Gasteiger partial charge is 0.480 e. The van der Waals surface area contributed by atoms with E-state index in [2.05, 4.69) is 10.3 Å². The Bertz CT molecular complexity index is 821. The van der Waals surface area contributed by atoms with Crippen molar-refractivity contribution in [2.24, 2.45) is 0 Å². The summed E-state index contributed by atoms with van der Waals surface area (Å²) in [6.07, 6.45) is 0.267. The summed E-state index contributed by atoms with van der Waals surface area (Å²) in [5, 5.41) is 11.8. The number of carboxylic acid groups (broad SMARTS) is 1. The SMILES string of the molecule is CCC(NC(=O)c1sc2nc(C(C)C)oc(=O)c2c1C)C(=O)O. The molecule has 2 aromatic rings. The molecule has 0 saturated heterocycles. The number of fused-ring (bicyclic) bond motifs is 1. The van der Waals surface area contributed by atoms with E-state index >= 15 is 0 Å². The molecule has 8 heteroatoms. The van der Waals surface area contributed by atoms with Crippen LogP contribution in [0.3, 0.4) is 0 Å². The fraction of sp³-hybridized carbons (Fsp3) is 0.467. The maximum absolute atomic E-state index is 12.3. The van der Waals surface area contributed by atoms with Crippen LogP contribution in [-0.4, -0.2) is 28.0 Å². The van der Waals surface area contributed by atoms with E-state index < -0.39 is 23.5 Å². The van der Waals surface area contributed by atoms with Crippen LogP contribution >= 0.6 is 11.3 Å². The molecule has 23 heavy (non-hydrogen) atoms. The van der Waals surface area contributed by atoms with Crippen LogP contribution in [0.2, 0.25) is 0 Å². The number of aromatic nitrogens is 1. The van der Waals surface area contributed by atoms with Gasteiger partial charge in [-0.2, -0.15) is 0 Å². The average molecular weight is 338 g/mol. The summed E-state index contributed by atoms with van der Waals surface area (Å²) >= 11 is 1.07. The molecule has 0 aliphatic heterocycles. The number of carbonyl (C=O) groups excluding carboxylic acids is 1. The summed E-state index contributed by atoms with van der Waals surface area (Å²) in [6, 6.07) is -0.970. The van der Waals surface area contributed by atoms with Crippen molar-refractivity contribution in [1.29, 1.82) is 0 Å². The second-order valence-electron chi connectivity index (χ2n) is 5.50. The predicted molar refractivity (Wildman–Crippen MR) is 86.2 cm³/mol. The van der Waals surface area contributed by atoms with E-state index in [1.54, 1.807) is 13.8 Å². The van der Waals surface area contributed by atoms with Crippen molar-refractivity contribution in [1.82, 2.24) is 10.3 Å². The number of nitrogens with zero attached hydrogens (tertiary/aromatic N) is 1. The van der Waals surface area contributed by atoms with Gasteiger partial charge in [0.2, 0.25) is 5.89 Å². The lowest BCUT2D eigenvalue weighted by molar-refractivity contribution is -0.139. The zero-order valence-electron chi connectivity index (χ0n) is 13.3. The zero-order valence-corrected chi connectivity index (χ0v) is 14.1. The van der Waals surface area contributed by atoms with Gasteiger partial charge < -0.3 is 14.8 Å². The Hall–Kier alpha value is -2.22. The molecule has 0 aliphatic carbocycles. The first-order valence-corrected chi connectivity index (χ1v) is 8.05. The number of aliphatic carboxylic acids is 1. The Labute approximate surface area is 136 Å². The van der Waals surface area contributed by atoms with Crippen LogP contribution in [0.15, 0.2) is 9.21 Å². The first-order valence-electron chi connectivity index (χ1n) is 7.24. The normalized spacial score (nSPS) is 12.6. The molecule has 7 nitrogen and oxygen atoms in total. The van der Waals surface area contributed by atoms with Gasteiger partial charge in [0.15, 0.2) is 0 Å². The summed E-state index contributed by atoms with van der Waals surface area (Å²) in [5.74, 6) is -1.36. The highest BCUT2D eigenvalue weighted by atomic mass is 32.1. The van der Waals surface area contributed by atoms with Gasteiger partial charge in [0, 0.05) is 5.92 Å². The standard InChI is InChI=1S/C15H18N2O5S/c1-5-8(14(19)20)16-11(18)10-7(4)9-13(23-10)17-12(6(2)3)22-15(9)21/h6,8H,5H2,1-4H3,(H,16,18)(H,19,20). The van der Waals surface area contributed by atoms with Crippen LogP contribution in [0.1, 0.15) is 54.2 Å². The first kappa shape index (κ1) is 17.1. The fourth-order valence-electron chi connectivity index (χ4n) is 2.11. The lowest BCUT2D eigenvalue weighted by Gasteiger charge is -2.11. The topological polar surface area (TPSA) is 110 Å². The third kappa shape index (κ3) is 3.26. The number of thiophene rings is 1. The van der Waals surface area contributed by atoms with Gasteiger partial charge in [0.25, 0.3) is 5.91 Å². The molecule has 0 aromatic carbocycles. The number of amides is 1. The minimum absolute atomic E-state index is 0.0525. The molecule has 1 amide bonds. The number of rotatable bonds is 5. The Morgan fingerprint density at radius 2 is 2.04 bits per heavy atom. The van der Waals surface area contributed by atoms with Crippen LogP contribution in [0.5, 0.6) is 0 Å². The molecule has 0 radical (unpaired) electrons. The fourth-order valence-corrected chi connectivity index (χ4v) is 3.19. The van der Waals surface area contributed by atoms with Crippen molar-refractivity contribution in [3.05, 3.63) is 26.8 Å². The van der Waals surface area contributed by atoms with Crippen LogP contribution in [0.4, 0.5) is 0 Å². The second-order valence-corrected chi connectivity index (χ2v) is 6.50. The molecule has 2 rings (SSSR count). The van der Waals surface area contributed by atoms with E-state index in [9.17, 15) is 14.4 Å². The maximum Gasteiger partial charge on any atom is 0.348 e. The molecule has 0 bridgehead atoms. The molecule has 1 unspecified atom stereocenters. The lowest BCUT2D eigenvalue weighted by atomic mass is 10.2. The smallest absolute Gasteiger partial charge is 0.348 e. The van der Waals surface area contributed by atoms with E-state index in [4.69, 9.17) is 9.52 Å². The minimum Gasteiger partial charge on any atom is -0.480 e. The van der Waals surface area contributed by atoms with Gasteiger partial charge >= 0.3 is 11.6 Å². The van der Waals surface area contributed by atoms with Crippen molar-refractivity contribution >= 4 is 33.4 Å². The molecular weight excluding hydrogens is 320 g/mol. The molecule has 0 saturated carbocycles. The van der Waals surface area contributed by atoms with Crippen LogP contribution < -0.4 is 10.9 Å². The molecule has 2 aromatic heterocycles. The van der Waals surface area contributed by atoms with E-state index in [1.807, 2.05) is 13.8 Å². The highest BCUT2D eigenvalue weighted by molar-refractivity contribution is 7.20. The number of carbonyl (C=O) groups is 2. The molecule has 1 atom stereocenters. The van der Waals surface area contributed by atoms with E-state index in [1.165, 1.54) is 0 Å². The summed E-state index contributed by atoms with van der Waals surface area (Å²) in [6.45, 7) is 7.00. The molecule has 2 heterocycles. The molecule has 2 N–H and O–H groups in total. The Balaban J connectivity index is 2.48. The Morgan fingerprint density at radius 3 is 2.57 bits per heavy atom. The summed E-state index contributed by atoms with van der Waals surface area (Å²) in [7, 11) is 0. The molecule has 0 aliphatic rings. The van der Waals surface area contributed by atoms with Crippen LogP contribution in [0.25, 0.3) is 10.2 Å². The highest BCUT2D eigenvalue weighted by Gasteiger charge is 2.24. The summed E-state index contributed by atoms with van der Waals surface area (Å²) in [4.78, 5) is 40.5. The highest BCUT2D eigenvalue weighted by Crippen LogP contribution is 2.28. The van der Waals surface area contributed by atoms with Gasteiger partial charge in [-0.25, -0.2) is 14.6 Å². The maximum atomic E-state index is 12.3.